The van der Waals surface area contributed by atoms with E-state index < -0.39 is 5.41 Å². The zero-order valence-corrected chi connectivity index (χ0v) is 30.9. The number of anilines is 3. The van der Waals surface area contributed by atoms with E-state index in [-0.39, 0.29) is 5.41 Å². The SMILES string of the molecule is CCC(C)(C)c1cccc2c1oc1c(N(c3ccccc3)c3ccc4c(c3)C(c3ccccc3)(c3ccccc3)c3ccc5ccccc5c3-4)cccc12. The van der Waals surface area contributed by atoms with Crippen LogP contribution in [0.1, 0.15) is 55.0 Å². The van der Waals surface area contributed by atoms with Crippen molar-refractivity contribution in [2.24, 2.45) is 0 Å². The van der Waals surface area contributed by atoms with Gasteiger partial charge in [0, 0.05) is 27.7 Å². The molecule has 1 aromatic heterocycles. The Morgan fingerprint density at radius 2 is 1.13 bits per heavy atom. The minimum atomic E-state index is -0.540. The van der Waals surface area contributed by atoms with Gasteiger partial charge < -0.3 is 9.32 Å². The second-order valence-corrected chi connectivity index (χ2v) is 15.3. The zero-order valence-electron chi connectivity index (χ0n) is 30.9. The molecule has 10 rings (SSSR count). The van der Waals surface area contributed by atoms with Gasteiger partial charge in [-0.05, 0) is 86.3 Å². The van der Waals surface area contributed by atoms with E-state index in [2.05, 4.69) is 208 Å². The second-order valence-electron chi connectivity index (χ2n) is 15.3. The molecule has 0 atom stereocenters. The van der Waals surface area contributed by atoms with Gasteiger partial charge in [0.25, 0.3) is 0 Å². The van der Waals surface area contributed by atoms with Gasteiger partial charge >= 0.3 is 0 Å². The first kappa shape index (κ1) is 32.3. The van der Waals surface area contributed by atoms with Gasteiger partial charge in [-0.3, -0.25) is 0 Å². The molecule has 1 aliphatic rings. The molecular formula is C52H41NO. The summed E-state index contributed by atoms with van der Waals surface area (Å²) in [6.45, 7) is 6.87. The van der Waals surface area contributed by atoms with Gasteiger partial charge in [0.2, 0.25) is 0 Å². The Kier molecular flexibility index (Phi) is 7.39. The summed E-state index contributed by atoms with van der Waals surface area (Å²) < 4.78 is 7.06. The molecule has 54 heavy (non-hydrogen) atoms. The van der Waals surface area contributed by atoms with Crippen LogP contribution in [0.2, 0.25) is 0 Å². The highest BCUT2D eigenvalue weighted by molar-refractivity contribution is 6.11. The topological polar surface area (TPSA) is 16.4 Å². The summed E-state index contributed by atoms with van der Waals surface area (Å²) >= 11 is 0. The highest BCUT2D eigenvalue weighted by atomic mass is 16.3. The van der Waals surface area contributed by atoms with E-state index in [0.29, 0.717) is 0 Å². The molecule has 2 nitrogen and oxygen atoms in total. The van der Waals surface area contributed by atoms with Gasteiger partial charge in [-0.2, -0.15) is 0 Å². The molecule has 0 bridgehead atoms. The lowest BCUT2D eigenvalue weighted by Gasteiger charge is -2.35. The fourth-order valence-electron chi connectivity index (χ4n) is 9.09. The summed E-state index contributed by atoms with van der Waals surface area (Å²) in [5.41, 5.74) is 13.4. The lowest BCUT2D eigenvalue weighted by Crippen LogP contribution is -2.28. The second kappa shape index (κ2) is 12.4. The molecule has 1 heterocycles. The quantitative estimate of drug-likeness (QED) is 0.165. The number of benzene rings is 8. The van der Waals surface area contributed by atoms with Crippen molar-refractivity contribution in [2.45, 2.75) is 38.0 Å². The minimum absolute atomic E-state index is 0.0238. The Hall–Kier alpha value is -6.38. The van der Waals surface area contributed by atoms with E-state index in [9.17, 15) is 0 Å². The molecule has 8 aromatic carbocycles. The highest BCUT2D eigenvalue weighted by Crippen LogP contribution is 2.59. The number of furan rings is 1. The summed E-state index contributed by atoms with van der Waals surface area (Å²) in [6.07, 6.45) is 1.02. The standard InChI is InChI=1S/C52H41NO/c1-4-51(2,3)45-28-16-26-41-42-27-17-29-47(50(42)54-49(41)45)53(38-23-12-7-13-24-38)39-31-32-43-46(34-39)52(36-19-8-5-9-20-36,37-21-10-6-11-22-37)44-33-30-35-18-14-15-25-40(35)48(43)44/h5-34H,4H2,1-3H3. The van der Waals surface area contributed by atoms with Crippen LogP contribution in [0.4, 0.5) is 17.1 Å². The van der Waals surface area contributed by atoms with Crippen molar-refractivity contribution < 1.29 is 4.42 Å². The summed E-state index contributed by atoms with van der Waals surface area (Å²) in [7, 11) is 0. The predicted octanol–water partition coefficient (Wildman–Crippen LogP) is 14.3. The first-order valence-electron chi connectivity index (χ1n) is 19.1. The molecule has 260 valence electrons. The van der Waals surface area contributed by atoms with Crippen LogP contribution in [0, 0.1) is 0 Å². The normalized spacial score (nSPS) is 13.3. The van der Waals surface area contributed by atoms with E-state index in [1.807, 2.05) is 0 Å². The van der Waals surface area contributed by atoms with Crippen LogP contribution in [0.5, 0.6) is 0 Å². The molecule has 0 aliphatic heterocycles. The van der Waals surface area contributed by atoms with Crippen LogP contribution < -0.4 is 4.90 Å². The van der Waals surface area contributed by atoms with Crippen molar-refractivity contribution in [3.63, 3.8) is 0 Å². The van der Waals surface area contributed by atoms with Gasteiger partial charge in [-0.1, -0.05) is 172 Å². The molecule has 0 fully saturated rings. The summed E-state index contributed by atoms with van der Waals surface area (Å²) in [4.78, 5) is 2.39. The van der Waals surface area contributed by atoms with Gasteiger partial charge in [-0.25, -0.2) is 0 Å². The monoisotopic (exact) mass is 695 g/mol. The van der Waals surface area contributed by atoms with E-state index in [1.54, 1.807) is 0 Å². The molecule has 0 saturated heterocycles. The molecule has 1 aliphatic carbocycles. The lowest BCUT2D eigenvalue weighted by molar-refractivity contribution is 0.500. The molecule has 2 heteroatoms. The van der Waals surface area contributed by atoms with Crippen molar-refractivity contribution in [3.8, 4) is 11.1 Å². The Morgan fingerprint density at radius 3 is 1.83 bits per heavy atom. The first-order chi connectivity index (χ1) is 26.5. The van der Waals surface area contributed by atoms with Crippen molar-refractivity contribution in [3.05, 3.63) is 210 Å². The van der Waals surface area contributed by atoms with Crippen LogP contribution >= 0.6 is 0 Å². The Morgan fingerprint density at radius 1 is 0.519 bits per heavy atom. The largest absolute Gasteiger partial charge is 0.454 e. The van der Waals surface area contributed by atoms with Crippen LogP contribution in [0.15, 0.2) is 186 Å². The van der Waals surface area contributed by atoms with E-state index >= 15 is 0 Å². The summed E-state index contributed by atoms with van der Waals surface area (Å²) in [5, 5.41) is 4.80. The number of hydrogen-bond acceptors (Lipinski definition) is 2. The summed E-state index contributed by atoms with van der Waals surface area (Å²) in [5.74, 6) is 0. The molecule has 0 unspecified atom stereocenters. The van der Waals surface area contributed by atoms with Crippen LogP contribution in [-0.2, 0) is 10.8 Å². The van der Waals surface area contributed by atoms with Crippen molar-refractivity contribution in [1.29, 1.82) is 0 Å². The fourth-order valence-corrected chi connectivity index (χ4v) is 9.09. The molecule has 0 spiro atoms. The molecular weight excluding hydrogens is 655 g/mol. The Bertz CT molecular complexity index is 2790. The third-order valence-corrected chi connectivity index (χ3v) is 12.1. The van der Waals surface area contributed by atoms with Crippen molar-refractivity contribution in [1.82, 2.24) is 0 Å². The predicted molar refractivity (Wildman–Crippen MR) is 227 cm³/mol. The maximum Gasteiger partial charge on any atom is 0.159 e. The maximum absolute atomic E-state index is 7.06. The number of nitrogens with zero attached hydrogens (tertiary/aromatic N) is 1. The van der Waals surface area contributed by atoms with Crippen molar-refractivity contribution >= 4 is 49.8 Å². The number of para-hydroxylation sites is 3. The third kappa shape index (κ3) is 4.66. The highest BCUT2D eigenvalue weighted by Gasteiger charge is 2.47. The van der Waals surface area contributed by atoms with E-state index in [1.165, 1.54) is 49.7 Å². The van der Waals surface area contributed by atoms with Gasteiger partial charge in [0.05, 0.1) is 11.1 Å². The Balaban J connectivity index is 1.29. The van der Waals surface area contributed by atoms with E-state index in [0.717, 1.165) is 45.4 Å². The molecule has 0 N–H and O–H groups in total. The number of hydrogen-bond donors (Lipinski definition) is 0. The van der Waals surface area contributed by atoms with Crippen LogP contribution in [0.3, 0.4) is 0 Å². The fraction of sp³-hybridized carbons (Fsp3) is 0.115. The average molecular weight is 696 g/mol. The molecule has 9 aromatic rings. The maximum atomic E-state index is 7.06. The van der Waals surface area contributed by atoms with Gasteiger partial charge in [0.1, 0.15) is 5.58 Å². The van der Waals surface area contributed by atoms with Crippen molar-refractivity contribution in [2.75, 3.05) is 4.90 Å². The number of fused-ring (bicyclic) bond motifs is 8. The molecule has 0 amide bonds. The molecule has 0 saturated carbocycles. The van der Waals surface area contributed by atoms with Crippen LogP contribution in [0.25, 0.3) is 43.8 Å². The molecule has 0 radical (unpaired) electrons. The third-order valence-electron chi connectivity index (χ3n) is 12.1. The average Bonchev–Trinajstić information content (AvgIpc) is 3.76. The number of rotatable bonds is 7. The first-order valence-corrected chi connectivity index (χ1v) is 19.1. The van der Waals surface area contributed by atoms with E-state index in [4.69, 9.17) is 4.42 Å². The minimum Gasteiger partial charge on any atom is -0.454 e. The zero-order chi connectivity index (χ0) is 36.4. The van der Waals surface area contributed by atoms with Crippen LogP contribution in [-0.4, -0.2) is 0 Å². The lowest BCUT2D eigenvalue weighted by atomic mass is 9.67. The summed E-state index contributed by atoms with van der Waals surface area (Å²) in [6, 6.07) is 66.7. The smallest absolute Gasteiger partial charge is 0.159 e. The van der Waals surface area contributed by atoms with Gasteiger partial charge in [0.15, 0.2) is 5.58 Å². The Labute approximate surface area is 316 Å². The van der Waals surface area contributed by atoms with Gasteiger partial charge in [-0.15, -0.1) is 0 Å².